The monoisotopic (exact) mass is 596 g/mol. The van der Waals surface area contributed by atoms with Crippen LogP contribution in [0, 0.1) is 5.92 Å². The number of aliphatic hydroxyl groups excluding tert-OH is 1. The molecule has 222 valence electrons. The van der Waals surface area contributed by atoms with E-state index in [0.717, 1.165) is 44.2 Å². The van der Waals surface area contributed by atoms with Crippen LogP contribution in [0.2, 0.25) is 0 Å². The number of carbonyl (C=O) groups excluding carboxylic acids is 1. The summed E-state index contributed by atoms with van der Waals surface area (Å²) in [5.41, 5.74) is 5.82. The third-order valence-electron chi connectivity index (χ3n) is 7.34. The molecule has 1 aliphatic heterocycles. The van der Waals surface area contributed by atoms with Crippen LogP contribution in [0.3, 0.4) is 0 Å². The van der Waals surface area contributed by atoms with Gasteiger partial charge in [-0.25, -0.2) is 9.78 Å². The Morgan fingerprint density at radius 3 is 2.51 bits per heavy atom. The fourth-order valence-electron chi connectivity index (χ4n) is 5.00. The fourth-order valence-corrected chi connectivity index (χ4v) is 6.02. The van der Waals surface area contributed by atoms with Gasteiger partial charge in [0.1, 0.15) is 6.61 Å². The molecule has 0 aliphatic carbocycles. The molecule has 0 saturated carbocycles. The lowest BCUT2D eigenvalue weighted by Crippen LogP contribution is -2.38. The van der Waals surface area contributed by atoms with Crippen LogP contribution in [0.5, 0.6) is 0 Å². The highest BCUT2D eigenvalue weighted by Crippen LogP contribution is 2.43. The quantitative estimate of drug-likeness (QED) is 0.139. The van der Waals surface area contributed by atoms with Crippen LogP contribution in [-0.4, -0.2) is 34.6 Å². The van der Waals surface area contributed by atoms with Crippen molar-refractivity contribution in [3.05, 3.63) is 132 Å². The first kappa shape index (κ1) is 30.5. The molecule has 0 bridgehead atoms. The maximum atomic E-state index is 11.9. The highest BCUT2D eigenvalue weighted by atomic mass is 32.2. The first-order valence-corrected chi connectivity index (χ1v) is 15.3. The third-order valence-corrected chi connectivity index (χ3v) is 8.38. The van der Waals surface area contributed by atoms with E-state index in [0.29, 0.717) is 6.54 Å². The standard InChI is InChI=1S/C35H36N2O5S/c1-3-18-40-35(39)37-21-26-8-6-9-28(19-26)29-10-7-11-30(20-29)34-41-31(23-43-32-12-4-5-17-36-32)24(2)33(42-34)27-15-13-25(22-38)14-16-27/h3-17,19-20,24,31,33-34,38H,1,18,21-23H2,2H3,(H,37,39). The molecule has 1 aromatic heterocycles. The average Bonchev–Trinajstić information content (AvgIpc) is 3.06. The number of rotatable bonds is 11. The van der Waals surface area contributed by atoms with Crippen molar-refractivity contribution < 1.29 is 24.1 Å². The second-order valence-corrected chi connectivity index (χ2v) is 11.4. The van der Waals surface area contributed by atoms with Crippen LogP contribution < -0.4 is 5.32 Å². The van der Waals surface area contributed by atoms with E-state index in [4.69, 9.17) is 14.2 Å². The van der Waals surface area contributed by atoms with E-state index in [1.807, 2.05) is 72.8 Å². The Kier molecular flexibility index (Phi) is 10.6. The van der Waals surface area contributed by atoms with Gasteiger partial charge in [0.2, 0.25) is 0 Å². The molecule has 1 aliphatic rings. The number of carbonyl (C=O) groups is 1. The first-order chi connectivity index (χ1) is 21.0. The van der Waals surface area contributed by atoms with Crippen LogP contribution in [0.1, 0.15) is 41.6 Å². The van der Waals surface area contributed by atoms with Gasteiger partial charge in [0.05, 0.1) is 23.8 Å². The van der Waals surface area contributed by atoms with Crippen molar-refractivity contribution in [2.45, 2.75) is 43.6 Å². The summed E-state index contributed by atoms with van der Waals surface area (Å²) in [5, 5.41) is 13.3. The van der Waals surface area contributed by atoms with E-state index in [9.17, 15) is 9.90 Å². The zero-order valence-corrected chi connectivity index (χ0v) is 24.9. The van der Waals surface area contributed by atoms with E-state index < -0.39 is 12.4 Å². The second kappa shape index (κ2) is 15.0. The molecule has 4 atom stereocenters. The summed E-state index contributed by atoms with van der Waals surface area (Å²) in [6, 6.07) is 30.1. The normalized spacial score (nSPS) is 19.9. The van der Waals surface area contributed by atoms with Crippen LogP contribution >= 0.6 is 11.8 Å². The minimum atomic E-state index is -0.572. The number of alkyl carbamates (subject to hydrolysis) is 1. The largest absolute Gasteiger partial charge is 0.445 e. The minimum absolute atomic E-state index is 0.000113. The Balaban J connectivity index is 1.37. The Morgan fingerprint density at radius 1 is 0.977 bits per heavy atom. The molecule has 7 nitrogen and oxygen atoms in total. The van der Waals surface area contributed by atoms with Crippen LogP contribution in [0.25, 0.3) is 11.1 Å². The molecule has 43 heavy (non-hydrogen) atoms. The van der Waals surface area contributed by atoms with Crippen LogP contribution in [-0.2, 0) is 27.4 Å². The Bertz CT molecular complexity index is 1500. The maximum Gasteiger partial charge on any atom is 0.407 e. The highest BCUT2D eigenvalue weighted by Gasteiger charge is 2.38. The van der Waals surface area contributed by atoms with Gasteiger partial charge in [-0.3, -0.25) is 0 Å². The summed E-state index contributed by atoms with van der Waals surface area (Å²) in [5.74, 6) is 0.811. The molecule has 2 heterocycles. The fraction of sp³-hybridized carbons (Fsp3) is 0.257. The van der Waals surface area contributed by atoms with E-state index in [-0.39, 0.29) is 31.3 Å². The predicted molar refractivity (Wildman–Crippen MR) is 168 cm³/mol. The molecule has 2 N–H and O–H groups in total. The Morgan fingerprint density at radius 2 is 1.77 bits per heavy atom. The number of aromatic nitrogens is 1. The number of ether oxygens (including phenoxy) is 3. The minimum Gasteiger partial charge on any atom is -0.445 e. The van der Waals surface area contributed by atoms with E-state index in [1.54, 1.807) is 18.0 Å². The van der Waals surface area contributed by atoms with Gasteiger partial charge in [0.15, 0.2) is 6.29 Å². The molecule has 5 rings (SSSR count). The molecule has 3 aromatic carbocycles. The van der Waals surface area contributed by atoms with Gasteiger partial charge in [-0.15, -0.1) is 11.8 Å². The molecule has 4 unspecified atom stereocenters. The SMILES string of the molecule is C=CCOC(=O)NCc1cccc(-c2cccc(C3OC(CSc4ccccn4)C(C)C(c4ccc(CO)cc4)O3)c2)c1. The van der Waals surface area contributed by atoms with Gasteiger partial charge in [-0.1, -0.05) is 86.3 Å². The van der Waals surface area contributed by atoms with Gasteiger partial charge in [0.25, 0.3) is 0 Å². The van der Waals surface area contributed by atoms with Gasteiger partial charge < -0.3 is 24.6 Å². The predicted octanol–water partition coefficient (Wildman–Crippen LogP) is 7.24. The second-order valence-electron chi connectivity index (χ2n) is 10.4. The number of amides is 1. The molecule has 0 spiro atoms. The lowest BCUT2D eigenvalue weighted by Gasteiger charge is -2.41. The topological polar surface area (TPSA) is 89.9 Å². The lowest BCUT2D eigenvalue weighted by atomic mass is 9.91. The average molecular weight is 597 g/mol. The Labute approximate surface area is 256 Å². The number of hydrogen-bond donors (Lipinski definition) is 2. The van der Waals surface area contributed by atoms with Crippen molar-refractivity contribution in [2.75, 3.05) is 12.4 Å². The molecule has 0 radical (unpaired) electrons. The van der Waals surface area contributed by atoms with Crippen LogP contribution in [0.4, 0.5) is 4.79 Å². The lowest BCUT2D eigenvalue weighted by molar-refractivity contribution is -0.268. The molecule has 1 fully saturated rings. The summed E-state index contributed by atoms with van der Waals surface area (Å²) in [4.78, 5) is 16.3. The molecule has 4 aromatic rings. The zero-order chi connectivity index (χ0) is 30.0. The van der Waals surface area contributed by atoms with E-state index >= 15 is 0 Å². The van der Waals surface area contributed by atoms with Crippen molar-refractivity contribution in [1.82, 2.24) is 10.3 Å². The number of benzene rings is 3. The Hall–Kier alpha value is -3.95. The summed E-state index contributed by atoms with van der Waals surface area (Å²) in [6.45, 7) is 6.23. The number of nitrogens with zero attached hydrogens (tertiary/aromatic N) is 1. The summed E-state index contributed by atoms with van der Waals surface area (Å²) in [7, 11) is 0. The van der Waals surface area contributed by atoms with Crippen molar-refractivity contribution in [2.24, 2.45) is 5.92 Å². The van der Waals surface area contributed by atoms with Gasteiger partial charge in [0, 0.05) is 30.0 Å². The number of pyridine rings is 1. The molecule has 8 heteroatoms. The number of thioether (sulfide) groups is 1. The smallest absolute Gasteiger partial charge is 0.407 e. The highest BCUT2D eigenvalue weighted by molar-refractivity contribution is 7.99. The van der Waals surface area contributed by atoms with E-state index in [1.165, 1.54) is 6.08 Å². The number of aliphatic hydroxyl groups is 1. The number of nitrogens with one attached hydrogen (secondary N) is 1. The molecular formula is C35H36N2O5S. The van der Waals surface area contributed by atoms with Gasteiger partial charge in [-0.2, -0.15) is 0 Å². The van der Waals surface area contributed by atoms with Crippen LogP contribution in [0.15, 0.2) is 115 Å². The maximum absolute atomic E-state index is 11.9. The molecule has 1 amide bonds. The molecular weight excluding hydrogens is 560 g/mol. The van der Waals surface area contributed by atoms with Gasteiger partial charge in [-0.05, 0) is 52.1 Å². The summed E-state index contributed by atoms with van der Waals surface area (Å²) in [6.07, 6.45) is 1.99. The zero-order valence-electron chi connectivity index (χ0n) is 24.1. The first-order valence-electron chi connectivity index (χ1n) is 14.3. The summed E-state index contributed by atoms with van der Waals surface area (Å²) >= 11 is 1.68. The van der Waals surface area contributed by atoms with Crippen molar-refractivity contribution >= 4 is 17.9 Å². The van der Waals surface area contributed by atoms with Crippen molar-refractivity contribution in [3.8, 4) is 11.1 Å². The van der Waals surface area contributed by atoms with E-state index in [2.05, 4.69) is 42.0 Å². The molecule has 1 saturated heterocycles. The third kappa shape index (κ3) is 8.12. The number of hydrogen-bond acceptors (Lipinski definition) is 7. The van der Waals surface area contributed by atoms with Crippen molar-refractivity contribution in [1.29, 1.82) is 0 Å². The summed E-state index contributed by atoms with van der Waals surface area (Å²) < 4.78 is 18.3. The van der Waals surface area contributed by atoms with Crippen molar-refractivity contribution in [3.63, 3.8) is 0 Å². The van der Waals surface area contributed by atoms with Gasteiger partial charge >= 0.3 is 6.09 Å².